The third kappa shape index (κ3) is 3.29. The van der Waals surface area contributed by atoms with Crippen LogP contribution >= 0.6 is 35.1 Å². The SMILES string of the molecule is CC12CCC(=O)N1C(C(=O)Nc1ccc(N3CCSCC3)c(Cl)c1)CS2. The van der Waals surface area contributed by atoms with Gasteiger partial charge in [0, 0.05) is 42.5 Å². The molecule has 1 aromatic carbocycles. The number of benzene rings is 1. The predicted molar refractivity (Wildman–Crippen MR) is 110 cm³/mol. The number of amides is 2. The standard InChI is InChI=1S/C18H22ClN3O2S2/c1-18-5-4-16(23)22(18)15(11-26-18)17(24)20-12-2-3-14(13(19)10-12)21-6-8-25-9-7-21/h2-3,10,15H,4-9,11H2,1H3,(H,20,24). The second-order valence-corrected chi connectivity index (χ2v) is 10.2. The lowest BCUT2D eigenvalue weighted by Gasteiger charge is -2.30. The summed E-state index contributed by atoms with van der Waals surface area (Å²) in [6.45, 7) is 4.04. The molecule has 1 aromatic rings. The van der Waals surface area contributed by atoms with Crippen LogP contribution in [-0.2, 0) is 9.59 Å². The molecule has 1 N–H and O–H groups in total. The summed E-state index contributed by atoms with van der Waals surface area (Å²) in [5.41, 5.74) is 1.70. The molecule has 5 nitrogen and oxygen atoms in total. The second kappa shape index (κ2) is 7.17. The molecule has 3 aliphatic rings. The van der Waals surface area contributed by atoms with Crippen molar-refractivity contribution in [2.24, 2.45) is 0 Å². The van der Waals surface area contributed by atoms with Crippen LogP contribution < -0.4 is 10.2 Å². The topological polar surface area (TPSA) is 52.7 Å². The molecule has 8 heteroatoms. The molecule has 0 aromatic heterocycles. The molecule has 2 atom stereocenters. The van der Waals surface area contributed by atoms with Crippen molar-refractivity contribution in [3.05, 3.63) is 23.2 Å². The van der Waals surface area contributed by atoms with E-state index in [1.54, 1.807) is 16.7 Å². The Bertz CT molecular complexity index is 741. The number of thioether (sulfide) groups is 2. The van der Waals surface area contributed by atoms with Crippen LogP contribution in [0.1, 0.15) is 19.8 Å². The minimum atomic E-state index is -0.405. The van der Waals surface area contributed by atoms with Crippen LogP contribution in [0.25, 0.3) is 0 Å². The number of nitrogens with zero attached hydrogens (tertiary/aromatic N) is 2. The minimum absolute atomic E-state index is 0.0778. The van der Waals surface area contributed by atoms with E-state index in [4.69, 9.17) is 11.6 Å². The highest BCUT2D eigenvalue weighted by Crippen LogP contribution is 2.47. The smallest absolute Gasteiger partial charge is 0.248 e. The summed E-state index contributed by atoms with van der Waals surface area (Å²) in [6.07, 6.45) is 1.34. The summed E-state index contributed by atoms with van der Waals surface area (Å²) in [5.74, 6) is 2.81. The number of nitrogens with one attached hydrogen (secondary N) is 1. The molecule has 2 amide bonds. The highest BCUT2D eigenvalue weighted by atomic mass is 35.5. The van der Waals surface area contributed by atoms with Crippen LogP contribution in [0.5, 0.6) is 0 Å². The zero-order valence-corrected chi connectivity index (χ0v) is 17.1. The van der Waals surface area contributed by atoms with Gasteiger partial charge < -0.3 is 15.1 Å². The molecule has 140 valence electrons. The summed E-state index contributed by atoms with van der Waals surface area (Å²) < 4.78 is 0. The first-order valence-electron chi connectivity index (χ1n) is 8.87. The maximum Gasteiger partial charge on any atom is 0.248 e. The van der Waals surface area contributed by atoms with E-state index < -0.39 is 6.04 Å². The van der Waals surface area contributed by atoms with Gasteiger partial charge in [-0.2, -0.15) is 11.8 Å². The lowest BCUT2D eigenvalue weighted by atomic mass is 10.2. The molecule has 3 fully saturated rings. The van der Waals surface area contributed by atoms with Crippen LogP contribution in [0.2, 0.25) is 5.02 Å². The fourth-order valence-corrected chi connectivity index (χ4v) is 6.52. The fraction of sp³-hybridized carbons (Fsp3) is 0.556. The van der Waals surface area contributed by atoms with Crippen LogP contribution in [0.3, 0.4) is 0 Å². The Kier molecular flexibility index (Phi) is 5.05. The van der Waals surface area contributed by atoms with Gasteiger partial charge in [0.2, 0.25) is 11.8 Å². The first-order valence-corrected chi connectivity index (χ1v) is 11.4. The summed E-state index contributed by atoms with van der Waals surface area (Å²) >= 11 is 10.1. The van der Waals surface area contributed by atoms with Crippen molar-refractivity contribution in [1.29, 1.82) is 0 Å². The first kappa shape index (κ1) is 18.3. The quantitative estimate of drug-likeness (QED) is 0.827. The zero-order valence-electron chi connectivity index (χ0n) is 14.7. The van der Waals surface area contributed by atoms with Crippen molar-refractivity contribution < 1.29 is 9.59 Å². The Labute approximate surface area is 167 Å². The molecule has 2 unspecified atom stereocenters. The number of anilines is 2. The molecule has 0 radical (unpaired) electrons. The van der Waals surface area contributed by atoms with Crippen molar-refractivity contribution in [3.8, 4) is 0 Å². The molecule has 0 bridgehead atoms. The van der Waals surface area contributed by atoms with E-state index in [1.807, 2.05) is 30.0 Å². The molecular formula is C18H22ClN3O2S2. The molecule has 4 rings (SSSR count). The lowest BCUT2D eigenvalue weighted by molar-refractivity contribution is -0.135. The molecule has 3 aliphatic heterocycles. The number of rotatable bonds is 3. The Hall–Kier alpha value is -1.05. The van der Waals surface area contributed by atoms with Crippen LogP contribution in [0.15, 0.2) is 18.2 Å². The number of hydrogen-bond acceptors (Lipinski definition) is 5. The van der Waals surface area contributed by atoms with Gasteiger partial charge in [0.25, 0.3) is 0 Å². The van der Waals surface area contributed by atoms with Crippen molar-refractivity contribution in [2.45, 2.75) is 30.7 Å². The third-order valence-corrected chi connectivity index (χ3v) is 8.06. The summed E-state index contributed by atoms with van der Waals surface area (Å²) in [5, 5.41) is 3.60. The van der Waals surface area contributed by atoms with Gasteiger partial charge in [0.1, 0.15) is 6.04 Å². The van der Waals surface area contributed by atoms with E-state index in [9.17, 15) is 9.59 Å². The van der Waals surface area contributed by atoms with Gasteiger partial charge in [-0.1, -0.05) is 11.6 Å². The number of hydrogen-bond donors (Lipinski definition) is 1. The second-order valence-electron chi connectivity index (χ2n) is 7.02. The molecule has 3 saturated heterocycles. The van der Waals surface area contributed by atoms with Crippen molar-refractivity contribution >= 4 is 58.3 Å². The average Bonchev–Trinajstić information content (AvgIpc) is 3.12. The van der Waals surface area contributed by atoms with Gasteiger partial charge in [-0.15, -0.1) is 11.8 Å². The minimum Gasteiger partial charge on any atom is -0.369 e. The highest BCUT2D eigenvalue weighted by Gasteiger charge is 2.52. The third-order valence-electron chi connectivity index (χ3n) is 5.31. The van der Waals surface area contributed by atoms with Gasteiger partial charge >= 0.3 is 0 Å². The van der Waals surface area contributed by atoms with E-state index >= 15 is 0 Å². The maximum atomic E-state index is 12.8. The number of carbonyl (C=O) groups is 2. The number of fused-ring (bicyclic) bond motifs is 1. The van der Waals surface area contributed by atoms with E-state index in [0.29, 0.717) is 22.9 Å². The monoisotopic (exact) mass is 411 g/mol. The average molecular weight is 412 g/mol. The van der Waals surface area contributed by atoms with Crippen molar-refractivity contribution in [1.82, 2.24) is 4.90 Å². The molecular weight excluding hydrogens is 390 g/mol. The zero-order chi connectivity index (χ0) is 18.3. The molecule has 3 heterocycles. The Morgan fingerprint density at radius 1 is 1.35 bits per heavy atom. The van der Waals surface area contributed by atoms with Gasteiger partial charge in [0.05, 0.1) is 15.6 Å². The van der Waals surface area contributed by atoms with E-state index in [2.05, 4.69) is 17.1 Å². The normalized spacial score (nSPS) is 28.4. The van der Waals surface area contributed by atoms with Crippen LogP contribution in [0, 0.1) is 0 Å². The summed E-state index contributed by atoms with van der Waals surface area (Å²) in [4.78, 5) is 28.8. The first-order chi connectivity index (χ1) is 12.5. The van der Waals surface area contributed by atoms with Crippen molar-refractivity contribution in [3.63, 3.8) is 0 Å². The number of carbonyl (C=O) groups excluding carboxylic acids is 2. The Balaban J connectivity index is 1.46. The highest BCUT2D eigenvalue weighted by molar-refractivity contribution is 8.01. The van der Waals surface area contributed by atoms with Crippen LogP contribution in [0.4, 0.5) is 11.4 Å². The van der Waals surface area contributed by atoms with Crippen molar-refractivity contribution in [2.75, 3.05) is 40.6 Å². The lowest BCUT2D eigenvalue weighted by Crippen LogP contribution is -2.48. The predicted octanol–water partition coefficient (Wildman–Crippen LogP) is 3.29. The summed E-state index contributed by atoms with van der Waals surface area (Å²) in [7, 11) is 0. The van der Waals surface area contributed by atoms with Gasteiger partial charge in [0.15, 0.2) is 0 Å². The van der Waals surface area contributed by atoms with Gasteiger partial charge in [-0.25, -0.2) is 0 Å². The van der Waals surface area contributed by atoms with Crippen LogP contribution in [-0.4, -0.2) is 58.0 Å². The molecule has 0 spiro atoms. The van der Waals surface area contributed by atoms with E-state index in [0.717, 1.165) is 36.7 Å². The summed E-state index contributed by atoms with van der Waals surface area (Å²) in [6, 6.07) is 5.28. The van der Waals surface area contributed by atoms with E-state index in [-0.39, 0.29) is 16.7 Å². The van der Waals surface area contributed by atoms with Gasteiger partial charge in [-0.3, -0.25) is 9.59 Å². The Morgan fingerprint density at radius 2 is 2.12 bits per heavy atom. The number of halogens is 1. The maximum absolute atomic E-state index is 12.8. The fourth-order valence-electron chi connectivity index (χ4n) is 3.89. The molecule has 0 saturated carbocycles. The molecule has 0 aliphatic carbocycles. The Morgan fingerprint density at radius 3 is 2.85 bits per heavy atom. The molecule has 26 heavy (non-hydrogen) atoms. The van der Waals surface area contributed by atoms with Gasteiger partial charge in [-0.05, 0) is 31.5 Å². The van der Waals surface area contributed by atoms with E-state index in [1.165, 1.54) is 0 Å². The largest absolute Gasteiger partial charge is 0.369 e.